The van der Waals surface area contributed by atoms with Gasteiger partial charge in [0.15, 0.2) is 0 Å². The standard InChI is InChI=1S/C13H12N2O4/c1-19-13(18)9-3-2-8(10(16)6-9)7-11-14-5-4-12(17)15-11/h2-6,16H,7H2,1H3,(H,14,15,17). The zero-order valence-electron chi connectivity index (χ0n) is 10.2. The summed E-state index contributed by atoms with van der Waals surface area (Å²) in [4.78, 5) is 29.0. The lowest BCUT2D eigenvalue weighted by atomic mass is 10.1. The molecule has 0 unspecified atom stereocenters. The zero-order chi connectivity index (χ0) is 13.8. The summed E-state index contributed by atoms with van der Waals surface area (Å²) < 4.78 is 4.56. The quantitative estimate of drug-likeness (QED) is 0.798. The second kappa shape index (κ2) is 5.34. The van der Waals surface area contributed by atoms with E-state index in [9.17, 15) is 14.7 Å². The molecular formula is C13H12N2O4. The van der Waals surface area contributed by atoms with Crippen molar-refractivity contribution in [1.82, 2.24) is 9.97 Å². The van der Waals surface area contributed by atoms with Crippen LogP contribution in [-0.4, -0.2) is 28.2 Å². The Morgan fingerprint density at radius 1 is 1.42 bits per heavy atom. The first-order valence-corrected chi connectivity index (χ1v) is 5.54. The fourth-order valence-electron chi connectivity index (χ4n) is 1.64. The molecule has 0 atom stereocenters. The number of methoxy groups -OCH3 is 1. The summed E-state index contributed by atoms with van der Waals surface area (Å²) in [5, 5.41) is 9.84. The van der Waals surface area contributed by atoms with Gasteiger partial charge in [-0.1, -0.05) is 6.07 Å². The van der Waals surface area contributed by atoms with Crippen molar-refractivity contribution in [3.63, 3.8) is 0 Å². The number of H-pyrrole nitrogens is 1. The van der Waals surface area contributed by atoms with E-state index in [1.54, 1.807) is 12.1 Å². The zero-order valence-corrected chi connectivity index (χ0v) is 10.2. The molecule has 0 amide bonds. The van der Waals surface area contributed by atoms with Gasteiger partial charge < -0.3 is 14.8 Å². The molecule has 6 nitrogen and oxygen atoms in total. The Kier molecular flexibility index (Phi) is 3.61. The number of aromatic amines is 1. The van der Waals surface area contributed by atoms with Gasteiger partial charge in [-0.2, -0.15) is 0 Å². The van der Waals surface area contributed by atoms with E-state index in [1.807, 2.05) is 0 Å². The molecule has 0 radical (unpaired) electrons. The van der Waals surface area contributed by atoms with Crippen LogP contribution in [-0.2, 0) is 11.2 Å². The van der Waals surface area contributed by atoms with Crippen molar-refractivity contribution in [1.29, 1.82) is 0 Å². The van der Waals surface area contributed by atoms with Gasteiger partial charge in [0.2, 0.25) is 0 Å². The van der Waals surface area contributed by atoms with E-state index < -0.39 is 5.97 Å². The fourth-order valence-corrected chi connectivity index (χ4v) is 1.64. The average Bonchev–Trinajstić information content (AvgIpc) is 2.40. The van der Waals surface area contributed by atoms with Crippen molar-refractivity contribution in [3.8, 4) is 5.75 Å². The number of hydrogen-bond donors (Lipinski definition) is 2. The highest BCUT2D eigenvalue weighted by atomic mass is 16.5. The molecule has 0 aliphatic heterocycles. The van der Waals surface area contributed by atoms with E-state index in [0.29, 0.717) is 11.4 Å². The Labute approximate surface area is 108 Å². The first-order chi connectivity index (χ1) is 9.10. The highest BCUT2D eigenvalue weighted by Crippen LogP contribution is 2.21. The topological polar surface area (TPSA) is 92.3 Å². The number of carbonyl (C=O) groups excluding carboxylic acids is 1. The Hall–Kier alpha value is -2.63. The number of carbonyl (C=O) groups is 1. The molecule has 2 rings (SSSR count). The van der Waals surface area contributed by atoms with Gasteiger partial charge in [-0.15, -0.1) is 0 Å². The third kappa shape index (κ3) is 2.98. The van der Waals surface area contributed by atoms with Crippen LogP contribution in [0.2, 0.25) is 0 Å². The number of aromatic hydroxyl groups is 1. The van der Waals surface area contributed by atoms with Gasteiger partial charge in [-0.25, -0.2) is 9.78 Å². The summed E-state index contributed by atoms with van der Waals surface area (Å²) in [6.07, 6.45) is 1.66. The molecule has 0 spiro atoms. The molecule has 0 fully saturated rings. The molecule has 0 saturated heterocycles. The van der Waals surface area contributed by atoms with Crippen molar-refractivity contribution in [3.05, 3.63) is 57.8 Å². The number of ether oxygens (including phenoxy) is 1. The van der Waals surface area contributed by atoms with E-state index >= 15 is 0 Å². The lowest BCUT2D eigenvalue weighted by Gasteiger charge is -2.06. The number of nitrogens with one attached hydrogen (secondary N) is 1. The van der Waals surface area contributed by atoms with Crippen LogP contribution in [0.3, 0.4) is 0 Å². The second-order valence-electron chi connectivity index (χ2n) is 3.89. The number of nitrogens with zero attached hydrogens (tertiary/aromatic N) is 1. The predicted molar refractivity (Wildman–Crippen MR) is 67.1 cm³/mol. The summed E-state index contributed by atoms with van der Waals surface area (Å²) >= 11 is 0. The van der Waals surface area contributed by atoms with Crippen LogP contribution in [0.1, 0.15) is 21.7 Å². The molecule has 2 aromatic rings. The van der Waals surface area contributed by atoms with Crippen LogP contribution in [0.4, 0.5) is 0 Å². The number of rotatable bonds is 3. The fraction of sp³-hybridized carbons (Fsp3) is 0.154. The van der Waals surface area contributed by atoms with E-state index in [1.165, 1.54) is 25.4 Å². The van der Waals surface area contributed by atoms with Crippen LogP contribution >= 0.6 is 0 Å². The van der Waals surface area contributed by atoms with Crippen molar-refractivity contribution >= 4 is 5.97 Å². The van der Waals surface area contributed by atoms with E-state index in [0.717, 1.165) is 0 Å². The second-order valence-corrected chi connectivity index (χ2v) is 3.89. The van der Waals surface area contributed by atoms with E-state index in [2.05, 4.69) is 14.7 Å². The minimum atomic E-state index is -0.520. The highest BCUT2D eigenvalue weighted by molar-refractivity contribution is 5.89. The summed E-state index contributed by atoms with van der Waals surface area (Å²) in [6.45, 7) is 0. The molecule has 1 heterocycles. The third-order valence-electron chi connectivity index (χ3n) is 2.59. The largest absolute Gasteiger partial charge is 0.508 e. The predicted octanol–water partition coefficient (Wildman–Crippen LogP) is 0.853. The lowest BCUT2D eigenvalue weighted by molar-refractivity contribution is 0.0600. The minimum Gasteiger partial charge on any atom is -0.508 e. The van der Waals surface area contributed by atoms with Gasteiger partial charge in [0.25, 0.3) is 5.56 Å². The molecule has 98 valence electrons. The van der Waals surface area contributed by atoms with Gasteiger partial charge in [0.05, 0.1) is 12.7 Å². The summed E-state index contributed by atoms with van der Waals surface area (Å²) in [5.74, 6) is -0.129. The molecular weight excluding hydrogens is 248 g/mol. The van der Waals surface area contributed by atoms with Gasteiger partial charge in [-0.3, -0.25) is 4.79 Å². The van der Waals surface area contributed by atoms with Crippen molar-refractivity contribution in [2.45, 2.75) is 6.42 Å². The normalized spacial score (nSPS) is 10.2. The number of benzene rings is 1. The molecule has 0 bridgehead atoms. The molecule has 1 aromatic heterocycles. The first kappa shape index (κ1) is 12.8. The number of esters is 1. The molecule has 1 aromatic carbocycles. The lowest BCUT2D eigenvalue weighted by Crippen LogP contribution is -2.09. The Morgan fingerprint density at radius 3 is 2.84 bits per heavy atom. The molecule has 0 saturated carbocycles. The first-order valence-electron chi connectivity index (χ1n) is 5.54. The summed E-state index contributed by atoms with van der Waals surface area (Å²) in [5.41, 5.74) is 0.566. The van der Waals surface area contributed by atoms with Crippen molar-refractivity contribution < 1.29 is 14.6 Å². The molecule has 0 aliphatic carbocycles. The number of aromatic nitrogens is 2. The van der Waals surface area contributed by atoms with Gasteiger partial charge in [0.1, 0.15) is 11.6 Å². The van der Waals surface area contributed by atoms with Gasteiger partial charge in [-0.05, 0) is 12.1 Å². The summed E-state index contributed by atoms with van der Waals surface area (Å²) in [7, 11) is 1.27. The maximum absolute atomic E-state index is 11.3. The van der Waals surface area contributed by atoms with E-state index in [4.69, 9.17) is 0 Å². The molecule has 19 heavy (non-hydrogen) atoms. The minimum absolute atomic E-state index is 0.0468. The number of hydrogen-bond acceptors (Lipinski definition) is 5. The summed E-state index contributed by atoms with van der Waals surface area (Å²) in [6, 6.07) is 5.77. The maximum Gasteiger partial charge on any atom is 0.337 e. The van der Waals surface area contributed by atoms with Crippen LogP contribution in [0.15, 0.2) is 35.3 Å². The maximum atomic E-state index is 11.3. The van der Waals surface area contributed by atoms with Crippen molar-refractivity contribution in [2.75, 3.05) is 7.11 Å². The Bertz CT molecular complexity index is 664. The van der Waals surface area contributed by atoms with Crippen molar-refractivity contribution in [2.24, 2.45) is 0 Å². The Balaban J connectivity index is 2.27. The smallest absolute Gasteiger partial charge is 0.337 e. The monoisotopic (exact) mass is 260 g/mol. The third-order valence-corrected chi connectivity index (χ3v) is 2.59. The average molecular weight is 260 g/mol. The molecule has 2 N–H and O–H groups in total. The number of phenols is 1. The van der Waals surface area contributed by atoms with Gasteiger partial charge in [0, 0.05) is 24.2 Å². The molecule has 0 aliphatic rings. The SMILES string of the molecule is COC(=O)c1ccc(Cc2nccc(=O)[nH]2)c(O)c1. The van der Waals surface area contributed by atoms with Gasteiger partial charge >= 0.3 is 5.97 Å². The van der Waals surface area contributed by atoms with Crippen LogP contribution in [0.5, 0.6) is 5.75 Å². The highest BCUT2D eigenvalue weighted by Gasteiger charge is 2.10. The number of phenolic OH excluding ortho intramolecular Hbond substituents is 1. The van der Waals surface area contributed by atoms with Crippen LogP contribution in [0, 0.1) is 0 Å². The van der Waals surface area contributed by atoms with E-state index in [-0.39, 0.29) is 23.3 Å². The van der Waals surface area contributed by atoms with Crippen LogP contribution < -0.4 is 5.56 Å². The molecule has 6 heteroatoms. The Morgan fingerprint density at radius 2 is 2.21 bits per heavy atom. The van der Waals surface area contributed by atoms with Crippen LogP contribution in [0.25, 0.3) is 0 Å².